The van der Waals surface area contributed by atoms with Crippen LogP contribution in [0.4, 0.5) is 22.4 Å². The molecule has 1 saturated carbocycles. The standard InChI is InChI=1S/C13H15F4N3O2/c14-11(15)22-10-3-8(1-2-18-10)6-19-12(21)20-7-9-4-13(16,17)5-9/h1-3,9,11H,4-7H2,(H2,19,20,21). The summed E-state index contributed by atoms with van der Waals surface area (Å²) < 4.78 is 53.4. The molecule has 1 aliphatic carbocycles. The third kappa shape index (κ3) is 5.05. The molecule has 1 heterocycles. The minimum atomic E-state index is -2.97. The van der Waals surface area contributed by atoms with Crippen LogP contribution in [0.15, 0.2) is 18.3 Å². The molecule has 0 radical (unpaired) electrons. The molecule has 0 bridgehead atoms. The molecule has 2 rings (SSSR count). The number of urea groups is 1. The molecular weight excluding hydrogens is 306 g/mol. The van der Waals surface area contributed by atoms with E-state index in [1.54, 1.807) is 0 Å². The van der Waals surface area contributed by atoms with Gasteiger partial charge in [-0.15, -0.1) is 0 Å². The molecule has 1 aromatic heterocycles. The number of halogens is 4. The third-order valence-electron chi connectivity index (χ3n) is 3.19. The number of aromatic nitrogens is 1. The van der Waals surface area contributed by atoms with Crippen LogP contribution in [0.3, 0.4) is 0 Å². The van der Waals surface area contributed by atoms with Gasteiger partial charge in [0.05, 0.1) is 0 Å². The van der Waals surface area contributed by atoms with Crippen LogP contribution < -0.4 is 15.4 Å². The Morgan fingerprint density at radius 2 is 2.14 bits per heavy atom. The molecule has 2 N–H and O–H groups in total. The second kappa shape index (κ2) is 6.80. The summed E-state index contributed by atoms with van der Waals surface area (Å²) in [5.41, 5.74) is 0.524. The lowest BCUT2D eigenvalue weighted by atomic mass is 9.81. The molecule has 9 heteroatoms. The van der Waals surface area contributed by atoms with Gasteiger partial charge >= 0.3 is 12.6 Å². The molecule has 0 saturated heterocycles. The van der Waals surface area contributed by atoms with E-state index in [1.807, 2.05) is 0 Å². The van der Waals surface area contributed by atoms with Crippen molar-refractivity contribution in [3.63, 3.8) is 0 Å². The SMILES string of the molecule is O=C(NCc1ccnc(OC(F)F)c1)NCC1CC(F)(F)C1. The van der Waals surface area contributed by atoms with E-state index in [2.05, 4.69) is 20.4 Å². The second-order valence-corrected chi connectivity index (χ2v) is 5.07. The number of hydrogen-bond acceptors (Lipinski definition) is 3. The van der Waals surface area contributed by atoms with Gasteiger partial charge in [-0.05, 0) is 17.5 Å². The highest BCUT2D eigenvalue weighted by Gasteiger charge is 2.44. The van der Waals surface area contributed by atoms with Crippen molar-refractivity contribution in [3.05, 3.63) is 23.9 Å². The predicted octanol–water partition coefficient (Wildman–Crippen LogP) is 2.53. The van der Waals surface area contributed by atoms with Gasteiger partial charge in [-0.25, -0.2) is 18.6 Å². The lowest BCUT2D eigenvalue weighted by Crippen LogP contribution is -2.45. The first-order valence-corrected chi connectivity index (χ1v) is 6.63. The Morgan fingerprint density at radius 1 is 1.41 bits per heavy atom. The summed E-state index contributed by atoms with van der Waals surface area (Å²) in [6.45, 7) is -2.72. The number of nitrogens with one attached hydrogen (secondary N) is 2. The summed E-state index contributed by atoms with van der Waals surface area (Å²) >= 11 is 0. The van der Waals surface area contributed by atoms with Crippen molar-refractivity contribution in [3.8, 4) is 5.88 Å². The lowest BCUT2D eigenvalue weighted by molar-refractivity contribution is -0.108. The molecule has 0 aromatic carbocycles. The van der Waals surface area contributed by atoms with Crippen molar-refractivity contribution in [2.45, 2.75) is 31.9 Å². The minimum absolute atomic E-state index is 0.0782. The number of hydrogen-bond donors (Lipinski definition) is 2. The second-order valence-electron chi connectivity index (χ2n) is 5.07. The number of amides is 2. The summed E-state index contributed by atoms with van der Waals surface area (Å²) in [6.07, 6.45) is 0.848. The first-order chi connectivity index (χ1) is 10.3. The summed E-state index contributed by atoms with van der Waals surface area (Å²) in [7, 11) is 0. The third-order valence-corrected chi connectivity index (χ3v) is 3.19. The molecule has 0 atom stereocenters. The van der Waals surface area contributed by atoms with E-state index in [0.29, 0.717) is 5.56 Å². The van der Waals surface area contributed by atoms with E-state index in [1.165, 1.54) is 18.3 Å². The van der Waals surface area contributed by atoms with E-state index in [9.17, 15) is 22.4 Å². The predicted molar refractivity (Wildman–Crippen MR) is 68.8 cm³/mol. The van der Waals surface area contributed by atoms with Gasteiger partial charge in [0.15, 0.2) is 0 Å². The van der Waals surface area contributed by atoms with E-state index >= 15 is 0 Å². The molecule has 22 heavy (non-hydrogen) atoms. The molecule has 5 nitrogen and oxygen atoms in total. The summed E-state index contributed by atoms with van der Waals surface area (Å²) in [5, 5.41) is 4.98. The van der Waals surface area contributed by atoms with Crippen LogP contribution in [0, 0.1) is 5.92 Å². The zero-order valence-electron chi connectivity index (χ0n) is 11.5. The van der Waals surface area contributed by atoms with Crippen LogP contribution in [0.5, 0.6) is 5.88 Å². The van der Waals surface area contributed by atoms with Crippen molar-refractivity contribution >= 4 is 6.03 Å². The summed E-state index contributed by atoms with van der Waals surface area (Å²) in [6, 6.07) is 2.30. The zero-order valence-corrected chi connectivity index (χ0v) is 11.5. The Morgan fingerprint density at radius 3 is 2.77 bits per heavy atom. The van der Waals surface area contributed by atoms with Gasteiger partial charge in [0.25, 0.3) is 0 Å². The molecular formula is C13H15F4N3O2. The molecule has 1 fully saturated rings. The van der Waals surface area contributed by atoms with Crippen molar-refractivity contribution in [2.75, 3.05) is 6.54 Å². The molecule has 0 aliphatic heterocycles. The topological polar surface area (TPSA) is 63.2 Å². The Balaban J connectivity index is 1.70. The zero-order chi connectivity index (χ0) is 16.2. The van der Waals surface area contributed by atoms with Crippen LogP contribution in [-0.4, -0.2) is 30.1 Å². The van der Waals surface area contributed by atoms with Crippen molar-refractivity contribution in [2.24, 2.45) is 5.92 Å². The quantitative estimate of drug-likeness (QED) is 0.792. The lowest BCUT2D eigenvalue weighted by Gasteiger charge is -2.34. The smallest absolute Gasteiger partial charge is 0.388 e. The fraction of sp³-hybridized carbons (Fsp3) is 0.538. The first-order valence-electron chi connectivity index (χ1n) is 6.63. The van der Waals surface area contributed by atoms with Crippen LogP contribution in [0.1, 0.15) is 18.4 Å². The highest BCUT2D eigenvalue weighted by Crippen LogP contribution is 2.41. The fourth-order valence-corrected chi connectivity index (χ4v) is 2.13. The average Bonchev–Trinajstić information content (AvgIpc) is 2.40. The van der Waals surface area contributed by atoms with Crippen LogP contribution in [0.2, 0.25) is 0 Å². The van der Waals surface area contributed by atoms with E-state index < -0.39 is 18.6 Å². The number of nitrogens with zero attached hydrogens (tertiary/aromatic N) is 1. The largest absolute Gasteiger partial charge is 0.417 e. The Hall–Kier alpha value is -2.06. The monoisotopic (exact) mass is 321 g/mol. The van der Waals surface area contributed by atoms with E-state index in [-0.39, 0.29) is 37.7 Å². The van der Waals surface area contributed by atoms with E-state index in [4.69, 9.17) is 0 Å². The fourth-order valence-electron chi connectivity index (χ4n) is 2.13. The maximum Gasteiger partial charge on any atom is 0.388 e. The number of ether oxygens (including phenoxy) is 1. The molecule has 2 amide bonds. The van der Waals surface area contributed by atoms with Gasteiger partial charge in [0.1, 0.15) is 0 Å². The highest BCUT2D eigenvalue weighted by atomic mass is 19.3. The first kappa shape index (κ1) is 16.3. The average molecular weight is 321 g/mol. The molecule has 0 spiro atoms. The van der Waals surface area contributed by atoms with Gasteiger partial charge < -0.3 is 15.4 Å². The van der Waals surface area contributed by atoms with Crippen molar-refractivity contribution in [1.82, 2.24) is 15.6 Å². The van der Waals surface area contributed by atoms with Gasteiger partial charge in [-0.2, -0.15) is 8.78 Å². The van der Waals surface area contributed by atoms with Crippen LogP contribution in [-0.2, 0) is 6.54 Å². The van der Waals surface area contributed by atoms with Gasteiger partial charge in [0.2, 0.25) is 11.8 Å². The number of carbonyl (C=O) groups excluding carboxylic acids is 1. The normalized spacial score (nSPS) is 17.0. The summed E-state index contributed by atoms with van der Waals surface area (Å²) in [5.74, 6) is -3.07. The number of alkyl halides is 4. The van der Waals surface area contributed by atoms with E-state index in [0.717, 1.165) is 0 Å². The maximum atomic E-state index is 12.6. The highest BCUT2D eigenvalue weighted by molar-refractivity contribution is 5.73. The van der Waals surface area contributed by atoms with Gasteiger partial charge in [-0.3, -0.25) is 0 Å². The molecule has 1 aliphatic rings. The molecule has 1 aromatic rings. The molecule has 0 unspecified atom stereocenters. The van der Waals surface area contributed by atoms with Gasteiger partial charge in [-0.1, -0.05) is 0 Å². The van der Waals surface area contributed by atoms with Crippen molar-refractivity contribution in [1.29, 1.82) is 0 Å². The van der Waals surface area contributed by atoms with Crippen LogP contribution >= 0.6 is 0 Å². The van der Waals surface area contributed by atoms with Crippen molar-refractivity contribution < 1.29 is 27.1 Å². The Bertz CT molecular complexity index is 520. The minimum Gasteiger partial charge on any atom is -0.417 e. The maximum absolute atomic E-state index is 12.6. The van der Waals surface area contributed by atoms with Crippen LogP contribution in [0.25, 0.3) is 0 Å². The number of carbonyl (C=O) groups is 1. The number of rotatable bonds is 6. The van der Waals surface area contributed by atoms with Gasteiger partial charge in [0, 0.05) is 38.2 Å². The Kier molecular flexibility index (Phi) is 5.04. The molecule has 122 valence electrons. The number of pyridine rings is 1. The Labute approximate surface area is 124 Å². The summed E-state index contributed by atoms with van der Waals surface area (Å²) in [4.78, 5) is 15.1.